The number of likely N-dealkylation sites (tertiary alicyclic amines) is 1. The van der Waals surface area contributed by atoms with Crippen LogP contribution >= 0.6 is 11.6 Å². The van der Waals surface area contributed by atoms with Crippen LogP contribution < -0.4 is 5.32 Å². The maximum Gasteiger partial charge on any atom is 0.242 e. The topological polar surface area (TPSA) is 49.4 Å². The molecule has 4 atom stereocenters. The number of carbonyl (C=O) groups is 2. The second-order valence-corrected chi connectivity index (χ2v) is 10.6. The van der Waals surface area contributed by atoms with Crippen molar-refractivity contribution >= 4 is 23.4 Å². The summed E-state index contributed by atoms with van der Waals surface area (Å²) in [5.74, 6) is 0.131. The highest BCUT2D eigenvalue weighted by molar-refractivity contribution is 6.30. The van der Waals surface area contributed by atoms with Gasteiger partial charge in [0.15, 0.2) is 0 Å². The van der Waals surface area contributed by atoms with Crippen LogP contribution in [-0.4, -0.2) is 29.3 Å². The summed E-state index contributed by atoms with van der Waals surface area (Å²) in [6.07, 6.45) is 3.72. The zero-order chi connectivity index (χ0) is 22.7. The van der Waals surface area contributed by atoms with E-state index in [1.807, 2.05) is 49.1 Å². The molecule has 4 nitrogen and oxygen atoms in total. The first-order valence-electron chi connectivity index (χ1n) is 10.9. The summed E-state index contributed by atoms with van der Waals surface area (Å²) >= 11 is 6.11. The van der Waals surface area contributed by atoms with Crippen LogP contribution in [0.1, 0.15) is 72.4 Å². The van der Waals surface area contributed by atoms with Gasteiger partial charge in [0.1, 0.15) is 6.04 Å². The van der Waals surface area contributed by atoms with Crippen LogP contribution in [0.3, 0.4) is 0 Å². The third-order valence-electron chi connectivity index (χ3n) is 5.99. The van der Waals surface area contributed by atoms with Gasteiger partial charge in [0, 0.05) is 11.6 Å². The largest absolute Gasteiger partial charge is 0.354 e. The highest BCUT2D eigenvalue weighted by Crippen LogP contribution is 2.47. The van der Waals surface area contributed by atoms with Crippen molar-refractivity contribution < 1.29 is 9.59 Å². The van der Waals surface area contributed by atoms with Gasteiger partial charge < -0.3 is 10.2 Å². The second kappa shape index (κ2) is 9.55. The summed E-state index contributed by atoms with van der Waals surface area (Å²) in [6, 6.07) is 6.96. The Hall–Kier alpha value is -1.81. The Balaban J connectivity index is 2.48. The summed E-state index contributed by atoms with van der Waals surface area (Å²) in [6.45, 7) is 16.8. The first kappa shape index (κ1) is 24.5. The van der Waals surface area contributed by atoms with Crippen molar-refractivity contribution in [3.05, 3.63) is 47.5 Å². The van der Waals surface area contributed by atoms with Crippen LogP contribution in [0.5, 0.6) is 0 Å². The third kappa shape index (κ3) is 5.46. The molecule has 1 fully saturated rings. The Morgan fingerprint density at radius 3 is 2.47 bits per heavy atom. The van der Waals surface area contributed by atoms with Gasteiger partial charge in [-0.15, -0.1) is 6.58 Å². The number of carbonyl (C=O) groups excluding carboxylic acids is 2. The van der Waals surface area contributed by atoms with Gasteiger partial charge in [0.25, 0.3) is 0 Å². The van der Waals surface area contributed by atoms with Crippen LogP contribution in [0.25, 0.3) is 0 Å². The Bertz CT molecular complexity index is 768. The summed E-state index contributed by atoms with van der Waals surface area (Å²) in [5, 5.41) is 3.73. The Morgan fingerprint density at radius 2 is 1.97 bits per heavy atom. The second-order valence-electron chi connectivity index (χ2n) is 10.1. The lowest BCUT2D eigenvalue weighted by Crippen LogP contribution is -2.59. The van der Waals surface area contributed by atoms with Gasteiger partial charge in [-0.1, -0.05) is 71.4 Å². The smallest absolute Gasteiger partial charge is 0.242 e. The van der Waals surface area contributed by atoms with E-state index < -0.39 is 11.5 Å². The van der Waals surface area contributed by atoms with Crippen molar-refractivity contribution in [3.63, 3.8) is 0 Å². The van der Waals surface area contributed by atoms with Crippen LogP contribution in [0.2, 0.25) is 5.02 Å². The van der Waals surface area contributed by atoms with Crippen molar-refractivity contribution in [2.45, 2.75) is 72.9 Å². The van der Waals surface area contributed by atoms with Crippen LogP contribution in [0.4, 0.5) is 0 Å². The van der Waals surface area contributed by atoms with E-state index >= 15 is 0 Å². The molecule has 0 saturated carbocycles. The highest BCUT2D eigenvalue weighted by atomic mass is 35.5. The molecule has 1 aliphatic heterocycles. The van der Waals surface area contributed by atoms with Gasteiger partial charge in [-0.3, -0.25) is 9.59 Å². The predicted octanol–water partition coefficient (Wildman–Crippen LogP) is 5.77. The quantitative estimate of drug-likeness (QED) is 0.555. The monoisotopic (exact) mass is 432 g/mol. The van der Waals surface area contributed by atoms with Crippen molar-refractivity contribution in [2.75, 3.05) is 6.54 Å². The molecular formula is C25H37ClN2O2. The number of nitrogens with zero attached hydrogens (tertiary/aromatic N) is 1. The average Bonchev–Trinajstić information content (AvgIpc) is 2.65. The van der Waals surface area contributed by atoms with E-state index in [1.165, 1.54) is 0 Å². The normalized spacial score (nSPS) is 25.7. The number of piperidine rings is 1. The fraction of sp³-hybridized carbons (Fsp3) is 0.600. The predicted molar refractivity (Wildman–Crippen MR) is 124 cm³/mol. The molecule has 166 valence electrons. The van der Waals surface area contributed by atoms with Crippen LogP contribution in [-0.2, 0) is 9.59 Å². The summed E-state index contributed by atoms with van der Waals surface area (Å²) in [7, 11) is 0. The molecule has 0 radical (unpaired) electrons. The number of nitrogens with one attached hydrogen (secondary N) is 1. The number of hydrogen-bond donors (Lipinski definition) is 1. The molecule has 30 heavy (non-hydrogen) atoms. The van der Waals surface area contributed by atoms with Gasteiger partial charge >= 0.3 is 0 Å². The fourth-order valence-electron chi connectivity index (χ4n) is 4.57. The minimum absolute atomic E-state index is 0.0261. The van der Waals surface area contributed by atoms with Crippen molar-refractivity contribution in [1.82, 2.24) is 10.2 Å². The highest BCUT2D eigenvalue weighted by Gasteiger charge is 2.50. The number of benzene rings is 1. The summed E-state index contributed by atoms with van der Waals surface area (Å²) < 4.78 is 0. The van der Waals surface area contributed by atoms with E-state index in [0.29, 0.717) is 24.4 Å². The molecule has 1 aromatic carbocycles. The first-order valence-corrected chi connectivity index (χ1v) is 11.3. The number of hydrogen-bond acceptors (Lipinski definition) is 2. The van der Waals surface area contributed by atoms with Crippen molar-refractivity contribution in [1.29, 1.82) is 0 Å². The lowest BCUT2D eigenvalue weighted by Gasteiger charge is -2.50. The van der Waals surface area contributed by atoms with E-state index in [0.717, 1.165) is 12.0 Å². The number of allylic oxidation sites excluding steroid dienone is 1. The molecule has 3 unspecified atom stereocenters. The molecule has 0 aromatic heterocycles. The summed E-state index contributed by atoms with van der Waals surface area (Å²) in [5.41, 5.74) is 0.435. The van der Waals surface area contributed by atoms with E-state index in [2.05, 4.69) is 39.6 Å². The maximum atomic E-state index is 13.8. The van der Waals surface area contributed by atoms with E-state index in [1.54, 1.807) is 0 Å². The molecule has 2 amide bonds. The lowest BCUT2D eigenvalue weighted by atomic mass is 9.69. The molecule has 1 aromatic rings. The van der Waals surface area contributed by atoms with Gasteiger partial charge in [0.2, 0.25) is 11.8 Å². The van der Waals surface area contributed by atoms with E-state index in [4.69, 9.17) is 11.6 Å². The molecule has 1 N–H and O–H groups in total. The summed E-state index contributed by atoms with van der Waals surface area (Å²) in [4.78, 5) is 28.9. The van der Waals surface area contributed by atoms with E-state index in [9.17, 15) is 9.59 Å². The molecule has 1 aliphatic rings. The molecule has 1 heterocycles. The molecule has 1 saturated heterocycles. The Labute approximate surface area is 187 Å². The van der Waals surface area contributed by atoms with Gasteiger partial charge in [-0.25, -0.2) is 0 Å². The minimum Gasteiger partial charge on any atom is -0.354 e. The zero-order valence-electron chi connectivity index (χ0n) is 19.3. The standard InChI is InChI=1S/C25H37ClN2O2/c1-8-14-25(7)15-17(3)21(18-10-12-19(26)13-11-18)28(23(25)30)20(9-2)22(29)27-16-24(4,5)6/h8,10-13,17,20-21H,1,9,14-16H2,2-7H3,(H,27,29)/t17?,20?,21?,25-/m0/s1. The molecular weight excluding hydrogens is 396 g/mol. The molecule has 5 heteroatoms. The number of amides is 2. The zero-order valence-corrected chi connectivity index (χ0v) is 20.1. The van der Waals surface area contributed by atoms with Crippen molar-refractivity contribution in [3.8, 4) is 0 Å². The Kier molecular flexibility index (Phi) is 7.79. The maximum absolute atomic E-state index is 13.8. The molecule has 2 rings (SSSR count). The fourth-order valence-corrected chi connectivity index (χ4v) is 4.70. The van der Waals surface area contributed by atoms with Gasteiger partial charge in [-0.05, 0) is 48.3 Å². The molecule has 0 spiro atoms. The van der Waals surface area contributed by atoms with Crippen LogP contribution in [0.15, 0.2) is 36.9 Å². The van der Waals surface area contributed by atoms with E-state index in [-0.39, 0.29) is 29.2 Å². The average molecular weight is 433 g/mol. The number of rotatable bonds is 7. The van der Waals surface area contributed by atoms with Crippen LogP contribution in [0, 0.1) is 16.7 Å². The SMILES string of the molecule is C=CC[C@@]1(C)CC(C)C(c2ccc(Cl)cc2)N(C(CC)C(=O)NCC(C)(C)C)C1=O. The van der Waals surface area contributed by atoms with Gasteiger partial charge in [-0.2, -0.15) is 0 Å². The molecule has 0 aliphatic carbocycles. The van der Waals surface area contributed by atoms with Crippen molar-refractivity contribution in [2.24, 2.45) is 16.7 Å². The Morgan fingerprint density at radius 1 is 1.37 bits per heavy atom. The molecule has 0 bridgehead atoms. The lowest BCUT2D eigenvalue weighted by molar-refractivity contribution is -0.160. The first-order chi connectivity index (χ1) is 13.9. The minimum atomic E-state index is -0.554. The third-order valence-corrected chi connectivity index (χ3v) is 6.24. The number of halogens is 1. The van der Waals surface area contributed by atoms with Gasteiger partial charge in [0.05, 0.1) is 11.5 Å².